The van der Waals surface area contributed by atoms with Crippen LogP contribution >= 0.6 is 0 Å². The molecule has 14 heteroatoms. The van der Waals surface area contributed by atoms with Crippen molar-refractivity contribution in [2.24, 2.45) is 0 Å². The van der Waals surface area contributed by atoms with Crippen LogP contribution in [0.15, 0.2) is 47.8 Å². The largest absolute Gasteiger partial charge is 0.391 e. The van der Waals surface area contributed by atoms with E-state index in [4.69, 9.17) is 0 Å². The molecule has 40 heavy (non-hydrogen) atoms. The number of pyridine rings is 1. The summed E-state index contributed by atoms with van der Waals surface area (Å²) in [6, 6.07) is 4.36. The third-order valence-electron chi connectivity index (χ3n) is 6.39. The van der Waals surface area contributed by atoms with Gasteiger partial charge in [0.15, 0.2) is 5.82 Å². The van der Waals surface area contributed by atoms with E-state index in [-0.39, 0.29) is 44.7 Å². The SMILES string of the molecule is CC(C)(C)c1cc(F)c2c(=O)n(-c3nccc(NC(=O)c4cn[nH]c4-c4cn[nH]c4C(F)F)c3CO)ncc2c1. The lowest BCUT2D eigenvalue weighted by Crippen LogP contribution is -2.25. The number of H-pyrrole nitrogens is 2. The number of aliphatic hydroxyl groups is 1. The van der Waals surface area contributed by atoms with Gasteiger partial charge in [0.05, 0.1) is 47.5 Å². The van der Waals surface area contributed by atoms with Crippen LogP contribution in [0.2, 0.25) is 0 Å². The lowest BCUT2D eigenvalue weighted by atomic mass is 9.86. The Morgan fingerprint density at radius 3 is 2.60 bits per heavy atom. The molecule has 1 aromatic carbocycles. The van der Waals surface area contributed by atoms with Gasteiger partial charge in [-0.1, -0.05) is 20.8 Å². The number of carbonyl (C=O) groups excluding carboxylic acids is 1. The van der Waals surface area contributed by atoms with Gasteiger partial charge in [-0.25, -0.2) is 18.2 Å². The number of carbonyl (C=O) groups is 1. The number of aliphatic hydroxyl groups excluding tert-OH is 1. The maximum absolute atomic E-state index is 15.1. The van der Waals surface area contributed by atoms with Gasteiger partial charge in [0.25, 0.3) is 17.9 Å². The van der Waals surface area contributed by atoms with E-state index in [1.807, 2.05) is 20.8 Å². The van der Waals surface area contributed by atoms with E-state index < -0.39 is 36.0 Å². The monoisotopic (exact) mass is 552 g/mol. The number of amides is 1. The van der Waals surface area contributed by atoms with Crippen LogP contribution in [0.4, 0.5) is 18.9 Å². The van der Waals surface area contributed by atoms with E-state index in [1.54, 1.807) is 6.07 Å². The van der Waals surface area contributed by atoms with Gasteiger partial charge in [-0.05, 0) is 29.2 Å². The van der Waals surface area contributed by atoms with E-state index in [0.717, 1.165) is 17.1 Å². The summed E-state index contributed by atoms with van der Waals surface area (Å²) in [6.45, 7) is 5.07. The Morgan fingerprint density at radius 1 is 1.15 bits per heavy atom. The number of hydrogen-bond acceptors (Lipinski definition) is 7. The van der Waals surface area contributed by atoms with Crippen LogP contribution in [0.5, 0.6) is 0 Å². The maximum Gasteiger partial charge on any atom is 0.283 e. The number of hydrogen-bond donors (Lipinski definition) is 4. The van der Waals surface area contributed by atoms with E-state index in [2.05, 4.69) is 35.8 Å². The second-order valence-electron chi connectivity index (χ2n) is 9.96. The molecule has 0 spiro atoms. The second-order valence-corrected chi connectivity index (χ2v) is 9.96. The molecule has 4 aromatic heterocycles. The van der Waals surface area contributed by atoms with Crippen molar-refractivity contribution in [3.63, 3.8) is 0 Å². The Morgan fingerprint density at radius 2 is 1.90 bits per heavy atom. The molecule has 0 saturated carbocycles. The molecule has 1 amide bonds. The summed E-state index contributed by atoms with van der Waals surface area (Å²) in [7, 11) is 0. The Kier molecular flexibility index (Phi) is 6.71. The number of benzene rings is 1. The standard InChI is InChI=1S/C26H23F3N8O3/c1-26(2,3)13-6-12-8-33-37(25(40)19(12)17(27)7-13)23-16(11-38)18(4-5-30-23)34-24(39)15-10-32-35-20(15)14-9-31-36-21(14)22(28)29/h4-10,22,38H,11H2,1-3H3,(H,31,36)(H,32,35)(H,30,34,39). The number of nitrogens with zero attached hydrogens (tertiary/aromatic N) is 5. The molecule has 0 aliphatic carbocycles. The van der Waals surface area contributed by atoms with Crippen LogP contribution in [-0.4, -0.2) is 46.2 Å². The van der Waals surface area contributed by atoms with Gasteiger partial charge < -0.3 is 10.4 Å². The highest BCUT2D eigenvalue weighted by molar-refractivity contribution is 6.08. The Bertz CT molecular complexity index is 1800. The first-order valence-corrected chi connectivity index (χ1v) is 12.0. The lowest BCUT2D eigenvalue weighted by Gasteiger charge is -2.20. The molecule has 0 fully saturated rings. The average molecular weight is 553 g/mol. The van der Waals surface area contributed by atoms with Crippen molar-refractivity contribution in [1.82, 2.24) is 35.2 Å². The molecule has 0 unspecified atom stereocenters. The summed E-state index contributed by atoms with van der Waals surface area (Å²) in [5, 5.41) is 29.1. The molecule has 5 rings (SSSR count). The molecule has 0 aliphatic rings. The van der Waals surface area contributed by atoms with Crippen molar-refractivity contribution < 1.29 is 23.1 Å². The van der Waals surface area contributed by atoms with Gasteiger partial charge in [0.2, 0.25) is 0 Å². The molecule has 0 atom stereocenters. The first-order valence-electron chi connectivity index (χ1n) is 12.0. The lowest BCUT2D eigenvalue weighted by molar-refractivity contribution is 0.102. The Balaban J connectivity index is 1.55. The zero-order valence-corrected chi connectivity index (χ0v) is 21.5. The number of aromatic nitrogens is 7. The van der Waals surface area contributed by atoms with Crippen LogP contribution in [0.1, 0.15) is 54.4 Å². The first-order chi connectivity index (χ1) is 19.0. The Hall–Kier alpha value is -4.85. The number of aromatic amines is 2. The summed E-state index contributed by atoms with van der Waals surface area (Å²) < 4.78 is 42.7. The quantitative estimate of drug-likeness (QED) is 0.248. The van der Waals surface area contributed by atoms with Crippen molar-refractivity contribution >= 4 is 22.4 Å². The molecule has 11 nitrogen and oxygen atoms in total. The molecule has 4 heterocycles. The van der Waals surface area contributed by atoms with Crippen LogP contribution in [-0.2, 0) is 12.0 Å². The normalized spacial score (nSPS) is 11.9. The van der Waals surface area contributed by atoms with Gasteiger partial charge >= 0.3 is 0 Å². The van der Waals surface area contributed by atoms with Gasteiger partial charge in [-0.2, -0.15) is 20.0 Å². The number of alkyl halides is 2. The van der Waals surface area contributed by atoms with E-state index in [1.165, 1.54) is 24.5 Å². The molecule has 0 aliphatic heterocycles. The third-order valence-corrected chi connectivity index (χ3v) is 6.39. The highest BCUT2D eigenvalue weighted by Crippen LogP contribution is 2.31. The smallest absolute Gasteiger partial charge is 0.283 e. The minimum Gasteiger partial charge on any atom is -0.391 e. The van der Waals surface area contributed by atoms with Crippen LogP contribution in [0.3, 0.4) is 0 Å². The van der Waals surface area contributed by atoms with E-state index in [0.29, 0.717) is 10.9 Å². The van der Waals surface area contributed by atoms with Crippen LogP contribution < -0.4 is 10.9 Å². The molecule has 0 radical (unpaired) electrons. The predicted octanol–water partition coefficient (Wildman–Crippen LogP) is 4.01. The number of rotatable bonds is 6. The first kappa shape index (κ1) is 26.7. The van der Waals surface area contributed by atoms with E-state index in [9.17, 15) is 23.5 Å². The van der Waals surface area contributed by atoms with Gasteiger partial charge in [0, 0.05) is 22.7 Å². The molecule has 0 bridgehead atoms. The Labute approximate surface area is 224 Å². The van der Waals surface area contributed by atoms with Crippen molar-refractivity contribution in [2.75, 3.05) is 5.32 Å². The summed E-state index contributed by atoms with van der Waals surface area (Å²) in [6.07, 6.45) is 2.00. The van der Waals surface area contributed by atoms with Gasteiger partial charge in [0.1, 0.15) is 11.5 Å². The van der Waals surface area contributed by atoms with Crippen molar-refractivity contribution in [2.45, 2.75) is 39.2 Å². The topological polar surface area (TPSA) is 154 Å². The molecule has 0 saturated heterocycles. The molecular weight excluding hydrogens is 529 g/mol. The number of anilines is 1. The zero-order valence-electron chi connectivity index (χ0n) is 21.5. The summed E-state index contributed by atoms with van der Waals surface area (Å²) in [5.74, 6) is -1.61. The summed E-state index contributed by atoms with van der Waals surface area (Å²) >= 11 is 0. The fourth-order valence-electron chi connectivity index (χ4n) is 4.27. The minimum absolute atomic E-state index is 0.00102. The second kappa shape index (κ2) is 10.0. The molecular formula is C26H23F3N8O3. The fourth-order valence-corrected chi connectivity index (χ4v) is 4.27. The summed E-state index contributed by atoms with van der Waals surface area (Å²) in [5.41, 5.74) is -1.04. The van der Waals surface area contributed by atoms with Crippen molar-refractivity contribution in [3.05, 3.63) is 81.5 Å². The highest BCUT2D eigenvalue weighted by Gasteiger charge is 2.25. The average Bonchev–Trinajstić information content (AvgIpc) is 3.58. The highest BCUT2D eigenvalue weighted by atomic mass is 19.3. The number of fused-ring (bicyclic) bond motifs is 1. The fraction of sp³-hybridized carbons (Fsp3) is 0.231. The molecule has 206 valence electrons. The predicted molar refractivity (Wildman–Crippen MR) is 139 cm³/mol. The van der Waals surface area contributed by atoms with Crippen molar-refractivity contribution in [3.8, 4) is 17.1 Å². The number of halogens is 3. The maximum atomic E-state index is 15.1. The zero-order chi connectivity index (χ0) is 28.8. The van der Waals surface area contributed by atoms with E-state index >= 15 is 4.39 Å². The third kappa shape index (κ3) is 4.62. The van der Waals surface area contributed by atoms with Crippen LogP contribution in [0, 0.1) is 5.82 Å². The summed E-state index contributed by atoms with van der Waals surface area (Å²) in [4.78, 5) is 30.6. The van der Waals surface area contributed by atoms with Crippen LogP contribution in [0.25, 0.3) is 27.8 Å². The van der Waals surface area contributed by atoms with Crippen molar-refractivity contribution in [1.29, 1.82) is 0 Å². The minimum atomic E-state index is -2.88. The van der Waals surface area contributed by atoms with Gasteiger partial charge in [-0.3, -0.25) is 19.8 Å². The number of nitrogens with one attached hydrogen (secondary N) is 3. The molecule has 5 aromatic rings. The molecule has 4 N–H and O–H groups in total. The van der Waals surface area contributed by atoms with Gasteiger partial charge in [-0.15, -0.1) is 0 Å².